The third kappa shape index (κ3) is 1.90. The van der Waals surface area contributed by atoms with E-state index >= 15 is 0 Å². The topological polar surface area (TPSA) is 42.4 Å². The molecule has 0 bridgehead atoms. The number of hydrogen-bond donors (Lipinski definition) is 1. The first-order valence-corrected chi connectivity index (χ1v) is 5.30. The van der Waals surface area contributed by atoms with Crippen molar-refractivity contribution in [3.8, 4) is 0 Å². The maximum absolute atomic E-state index is 10.2. The molecule has 1 saturated heterocycles. The summed E-state index contributed by atoms with van der Waals surface area (Å²) >= 11 is 0. The minimum Gasteiger partial charge on any atom is -0.380 e. The van der Waals surface area contributed by atoms with Crippen LogP contribution in [-0.2, 0) is 10.3 Å². The van der Waals surface area contributed by atoms with E-state index in [9.17, 15) is 5.11 Å². The molecule has 15 heavy (non-hydrogen) atoms. The standard InChI is InChI=1S/C12H17NO2/c1-8(2)11-5-10(4-9(3)13-11)12(14)6-15-7-12/h4-5,8,14H,6-7H2,1-3H3. The van der Waals surface area contributed by atoms with E-state index in [0.29, 0.717) is 19.1 Å². The Morgan fingerprint density at radius 3 is 2.53 bits per heavy atom. The number of aryl methyl sites for hydroxylation is 1. The number of pyridine rings is 1. The van der Waals surface area contributed by atoms with Crippen LogP contribution in [0.2, 0.25) is 0 Å². The van der Waals surface area contributed by atoms with Gasteiger partial charge in [-0.25, -0.2) is 0 Å². The number of ether oxygens (including phenoxy) is 1. The van der Waals surface area contributed by atoms with Crippen molar-refractivity contribution in [3.05, 3.63) is 29.1 Å². The van der Waals surface area contributed by atoms with E-state index in [4.69, 9.17) is 4.74 Å². The van der Waals surface area contributed by atoms with Gasteiger partial charge in [0.2, 0.25) is 0 Å². The first kappa shape index (κ1) is 10.6. The van der Waals surface area contributed by atoms with Crippen LogP contribution in [-0.4, -0.2) is 23.3 Å². The zero-order valence-corrected chi connectivity index (χ0v) is 9.45. The molecule has 2 rings (SSSR count). The molecule has 0 aliphatic carbocycles. The molecule has 0 unspecified atom stereocenters. The highest BCUT2D eigenvalue weighted by molar-refractivity contribution is 5.29. The third-order valence-corrected chi connectivity index (χ3v) is 2.78. The van der Waals surface area contributed by atoms with E-state index in [1.165, 1.54) is 0 Å². The molecule has 0 radical (unpaired) electrons. The summed E-state index contributed by atoms with van der Waals surface area (Å²) in [6, 6.07) is 3.93. The first-order valence-electron chi connectivity index (χ1n) is 5.30. The molecule has 1 aliphatic rings. The Balaban J connectivity index is 2.39. The number of nitrogens with zero attached hydrogens (tertiary/aromatic N) is 1. The molecule has 0 spiro atoms. The average Bonchev–Trinajstić information content (AvgIpc) is 2.13. The summed E-state index contributed by atoms with van der Waals surface area (Å²) in [6.45, 7) is 6.96. The Labute approximate surface area is 90.1 Å². The highest BCUT2D eigenvalue weighted by atomic mass is 16.5. The average molecular weight is 207 g/mol. The van der Waals surface area contributed by atoms with Crippen LogP contribution in [0.5, 0.6) is 0 Å². The fraction of sp³-hybridized carbons (Fsp3) is 0.583. The molecule has 82 valence electrons. The minimum atomic E-state index is -0.780. The molecule has 1 fully saturated rings. The molecular formula is C12H17NO2. The van der Waals surface area contributed by atoms with Crippen molar-refractivity contribution in [2.24, 2.45) is 0 Å². The Morgan fingerprint density at radius 2 is 2.07 bits per heavy atom. The molecule has 1 N–H and O–H groups in total. The summed E-state index contributed by atoms with van der Waals surface area (Å²) in [5.74, 6) is 0.383. The summed E-state index contributed by atoms with van der Waals surface area (Å²) in [5.41, 5.74) is 2.14. The lowest BCUT2D eigenvalue weighted by atomic mass is 9.90. The third-order valence-electron chi connectivity index (χ3n) is 2.78. The lowest BCUT2D eigenvalue weighted by Crippen LogP contribution is -2.46. The van der Waals surface area contributed by atoms with E-state index in [-0.39, 0.29) is 0 Å². The van der Waals surface area contributed by atoms with Gasteiger partial charge in [0.15, 0.2) is 0 Å². The van der Waals surface area contributed by atoms with Gasteiger partial charge in [0.25, 0.3) is 0 Å². The number of aliphatic hydroxyl groups is 1. The van der Waals surface area contributed by atoms with Crippen molar-refractivity contribution in [1.82, 2.24) is 4.98 Å². The highest BCUT2D eigenvalue weighted by Crippen LogP contribution is 2.30. The van der Waals surface area contributed by atoms with Crippen molar-refractivity contribution < 1.29 is 9.84 Å². The van der Waals surface area contributed by atoms with E-state index in [2.05, 4.69) is 18.8 Å². The van der Waals surface area contributed by atoms with Crippen molar-refractivity contribution in [1.29, 1.82) is 0 Å². The van der Waals surface area contributed by atoms with Crippen LogP contribution in [0.4, 0.5) is 0 Å². The Bertz CT molecular complexity index is 370. The van der Waals surface area contributed by atoms with Crippen LogP contribution in [0, 0.1) is 6.92 Å². The summed E-state index contributed by atoms with van der Waals surface area (Å²) in [7, 11) is 0. The molecule has 1 aromatic rings. The molecule has 2 heterocycles. The summed E-state index contributed by atoms with van der Waals surface area (Å²) in [5, 5.41) is 10.2. The lowest BCUT2D eigenvalue weighted by molar-refractivity contribution is -0.184. The number of hydrogen-bond acceptors (Lipinski definition) is 3. The van der Waals surface area contributed by atoms with Gasteiger partial charge in [0.1, 0.15) is 5.60 Å². The SMILES string of the molecule is Cc1cc(C2(O)COC2)cc(C(C)C)n1. The van der Waals surface area contributed by atoms with Crippen LogP contribution >= 0.6 is 0 Å². The smallest absolute Gasteiger partial charge is 0.136 e. The van der Waals surface area contributed by atoms with Crippen molar-refractivity contribution >= 4 is 0 Å². The van der Waals surface area contributed by atoms with Crippen molar-refractivity contribution in [2.45, 2.75) is 32.3 Å². The maximum atomic E-state index is 10.2. The molecule has 1 aliphatic heterocycles. The molecule has 3 nitrogen and oxygen atoms in total. The van der Waals surface area contributed by atoms with Gasteiger partial charge >= 0.3 is 0 Å². The zero-order valence-electron chi connectivity index (χ0n) is 9.45. The maximum Gasteiger partial charge on any atom is 0.136 e. The number of rotatable bonds is 2. The van der Waals surface area contributed by atoms with Gasteiger partial charge in [-0.15, -0.1) is 0 Å². The van der Waals surface area contributed by atoms with Crippen molar-refractivity contribution in [2.75, 3.05) is 13.2 Å². The molecule has 3 heteroatoms. The minimum absolute atomic E-state index is 0.383. The summed E-state index contributed by atoms with van der Waals surface area (Å²) < 4.78 is 5.06. The van der Waals surface area contributed by atoms with E-state index in [1.54, 1.807) is 0 Å². The molecular weight excluding hydrogens is 190 g/mol. The van der Waals surface area contributed by atoms with E-state index in [0.717, 1.165) is 17.0 Å². The van der Waals surface area contributed by atoms with Gasteiger partial charge in [-0.2, -0.15) is 0 Å². The summed E-state index contributed by atoms with van der Waals surface area (Å²) in [6.07, 6.45) is 0. The molecule has 1 aromatic heterocycles. The van der Waals surface area contributed by atoms with Gasteiger partial charge < -0.3 is 9.84 Å². The van der Waals surface area contributed by atoms with E-state index < -0.39 is 5.60 Å². The second-order valence-corrected chi connectivity index (χ2v) is 4.60. The molecule has 0 amide bonds. The normalized spacial score (nSPS) is 19.0. The second-order valence-electron chi connectivity index (χ2n) is 4.60. The molecule has 0 aromatic carbocycles. The van der Waals surface area contributed by atoms with Crippen molar-refractivity contribution in [3.63, 3.8) is 0 Å². The largest absolute Gasteiger partial charge is 0.380 e. The van der Waals surface area contributed by atoms with Crippen LogP contribution in [0.1, 0.15) is 36.7 Å². The van der Waals surface area contributed by atoms with Crippen LogP contribution in [0.25, 0.3) is 0 Å². The Morgan fingerprint density at radius 1 is 1.40 bits per heavy atom. The second kappa shape index (κ2) is 3.58. The molecule has 0 saturated carbocycles. The Kier molecular flexibility index (Phi) is 2.52. The van der Waals surface area contributed by atoms with E-state index in [1.807, 2.05) is 19.1 Å². The van der Waals surface area contributed by atoms with Gasteiger partial charge in [-0.1, -0.05) is 13.8 Å². The quantitative estimate of drug-likeness (QED) is 0.803. The lowest BCUT2D eigenvalue weighted by Gasteiger charge is -2.37. The fourth-order valence-electron chi connectivity index (χ4n) is 1.72. The Hall–Kier alpha value is -0.930. The van der Waals surface area contributed by atoms with Crippen LogP contribution < -0.4 is 0 Å². The highest BCUT2D eigenvalue weighted by Gasteiger charge is 2.38. The predicted molar refractivity (Wildman–Crippen MR) is 57.8 cm³/mol. The summed E-state index contributed by atoms with van der Waals surface area (Å²) in [4.78, 5) is 4.45. The fourth-order valence-corrected chi connectivity index (χ4v) is 1.72. The number of aromatic nitrogens is 1. The van der Waals surface area contributed by atoms with Gasteiger partial charge in [0.05, 0.1) is 13.2 Å². The van der Waals surface area contributed by atoms with Gasteiger partial charge in [0, 0.05) is 11.4 Å². The van der Waals surface area contributed by atoms with Gasteiger partial charge in [-0.3, -0.25) is 4.98 Å². The molecule has 0 atom stereocenters. The zero-order chi connectivity index (χ0) is 11.1. The predicted octanol–water partition coefficient (Wildman–Crippen LogP) is 1.73. The monoisotopic (exact) mass is 207 g/mol. The van der Waals surface area contributed by atoms with Gasteiger partial charge in [-0.05, 0) is 30.5 Å². The first-order chi connectivity index (χ1) is 7.01. The van der Waals surface area contributed by atoms with Crippen LogP contribution in [0.15, 0.2) is 12.1 Å². The van der Waals surface area contributed by atoms with Crippen LogP contribution in [0.3, 0.4) is 0 Å².